The Morgan fingerprint density at radius 1 is 1.24 bits per heavy atom. The van der Waals surface area contributed by atoms with Gasteiger partial charge in [-0.2, -0.15) is 0 Å². The third kappa shape index (κ3) is 3.14. The number of aromatic nitrogens is 2. The van der Waals surface area contributed by atoms with Crippen LogP contribution in [-0.4, -0.2) is 45.7 Å². The zero-order valence-corrected chi connectivity index (χ0v) is 14.1. The number of carbonyl (C=O) groups is 2. The lowest BCUT2D eigenvalue weighted by Gasteiger charge is -2.24. The molecule has 7 heteroatoms. The minimum Gasteiger partial charge on any atom is -0.351 e. The fraction of sp³-hybridized carbons (Fsp3) is 0.444. The van der Waals surface area contributed by atoms with Crippen LogP contribution in [0.4, 0.5) is 0 Å². The maximum Gasteiger partial charge on any atom is 0.226 e. The first-order valence-corrected chi connectivity index (χ1v) is 8.54. The van der Waals surface area contributed by atoms with Crippen LogP contribution in [0.15, 0.2) is 28.9 Å². The number of nitrogens with zero attached hydrogens (tertiary/aromatic N) is 3. The second-order valence-corrected chi connectivity index (χ2v) is 6.82. The minimum absolute atomic E-state index is 0.113. The topological polar surface area (TPSA) is 88.3 Å². The minimum atomic E-state index is -0.159. The highest BCUT2D eigenvalue weighted by molar-refractivity contribution is 5.83. The molecule has 25 heavy (non-hydrogen) atoms. The molecule has 1 aliphatic heterocycles. The molecule has 0 radical (unpaired) electrons. The summed E-state index contributed by atoms with van der Waals surface area (Å²) in [6, 6.07) is 8.39. The van der Waals surface area contributed by atoms with Gasteiger partial charge in [-0.3, -0.25) is 9.59 Å². The number of hydrogen-bond acceptors (Lipinski definition) is 5. The van der Waals surface area contributed by atoms with Crippen molar-refractivity contribution in [3.63, 3.8) is 0 Å². The van der Waals surface area contributed by atoms with Crippen molar-refractivity contribution in [2.75, 3.05) is 6.54 Å². The van der Waals surface area contributed by atoms with E-state index in [4.69, 9.17) is 0 Å². The Bertz CT molecular complexity index is 791. The Kier molecular flexibility index (Phi) is 3.99. The molecule has 1 N–H and O–H groups in total. The molecule has 1 aromatic heterocycles. The molecule has 2 aromatic rings. The second kappa shape index (κ2) is 6.31. The fourth-order valence-corrected chi connectivity index (χ4v) is 3.78. The maximum atomic E-state index is 12.4. The van der Waals surface area contributed by atoms with E-state index in [1.165, 1.54) is 11.1 Å². The van der Waals surface area contributed by atoms with Gasteiger partial charge < -0.3 is 10.2 Å². The van der Waals surface area contributed by atoms with E-state index in [0.717, 1.165) is 12.8 Å². The molecule has 1 aromatic carbocycles. The van der Waals surface area contributed by atoms with Crippen molar-refractivity contribution in [2.24, 2.45) is 0 Å². The number of benzene rings is 1. The molecule has 2 heterocycles. The van der Waals surface area contributed by atoms with Gasteiger partial charge in [0.2, 0.25) is 11.8 Å². The molecule has 0 spiro atoms. The lowest BCUT2D eigenvalue weighted by atomic mass is 10.1. The number of rotatable bonds is 4. The van der Waals surface area contributed by atoms with Crippen molar-refractivity contribution in [3.8, 4) is 0 Å². The maximum absolute atomic E-state index is 12.4. The van der Waals surface area contributed by atoms with Crippen LogP contribution in [0.25, 0.3) is 0 Å². The molecule has 0 unspecified atom stereocenters. The standard InChI is InChI=1S/C18H20N4O3/c1-11-16(21-25-20-11)9-17(23)19-14-8-18(24)22(10-14)15-6-12-4-2-3-5-13(12)7-15/h2-5,14-15H,6-10H2,1H3,(H,19,23)/t14-/m0/s1. The summed E-state index contributed by atoms with van der Waals surface area (Å²) in [7, 11) is 0. The van der Waals surface area contributed by atoms with E-state index >= 15 is 0 Å². The van der Waals surface area contributed by atoms with E-state index in [2.05, 4.69) is 32.4 Å². The van der Waals surface area contributed by atoms with Gasteiger partial charge in [0.25, 0.3) is 0 Å². The lowest BCUT2D eigenvalue weighted by molar-refractivity contribution is -0.129. The van der Waals surface area contributed by atoms with Crippen molar-refractivity contribution in [1.82, 2.24) is 20.5 Å². The van der Waals surface area contributed by atoms with Crippen molar-refractivity contribution in [3.05, 3.63) is 46.8 Å². The first-order valence-electron chi connectivity index (χ1n) is 8.54. The van der Waals surface area contributed by atoms with Crippen LogP contribution in [-0.2, 0) is 28.9 Å². The number of aryl methyl sites for hydroxylation is 1. The number of amides is 2. The SMILES string of the molecule is Cc1nonc1CC(=O)N[C@H]1CC(=O)N(C2Cc3ccccc3C2)C1. The molecule has 2 aliphatic rings. The average Bonchev–Trinajstić information content (AvgIpc) is 3.26. The summed E-state index contributed by atoms with van der Waals surface area (Å²) in [6.45, 7) is 2.32. The summed E-state index contributed by atoms with van der Waals surface area (Å²) in [5.74, 6) is -0.0458. The lowest BCUT2D eigenvalue weighted by Crippen LogP contribution is -2.41. The Hall–Kier alpha value is -2.70. The molecule has 130 valence electrons. The second-order valence-electron chi connectivity index (χ2n) is 6.82. The van der Waals surface area contributed by atoms with E-state index in [0.29, 0.717) is 24.4 Å². The molecule has 7 nitrogen and oxygen atoms in total. The Morgan fingerprint density at radius 3 is 2.60 bits per heavy atom. The Labute approximate surface area is 145 Å². The van der Waals surface area contributed by atoms with Gasteiger partial charge >= 0.3 is 0 Å². The van der Waals surface area contributed by atoms with E-state index in [1.807, 2.05) is 17.0 Å². The summed E-state index contributed by atoms with van der Waals surface area (Å²) in [5.41, 5.74) is 3.79. The van der Waals surface area contributed by atoms with Crippen LogP contribution in [0.5, 0.6) is 0 Å². The molecule has 1 aliphatic carbocycles. The van der Waals surface area contributed by atoms with Gasteiger partial charge in [0.1, 0.15) is 11.4 Å². The van der Waals surface area contributed by atoms with Gasteiger partial charge in [0.05, 0.1) is 12.5 Å². The zero-order chi connectivity index (χ0) is 17.4. The van der Waals surface area contributed by atoms with E-state index in [1.54, 1.807) is 6.92 Å². The Morgan fingerprint density at radius 2 is 1.96 bits per heavy atom. The molecule has 4 rings (SSSR count). The first-order chi connectivity index (χ1) is 12.1. The average molecular weight is 340 g/mol. The third-order valence-corrected chi connectivity index (χ3v) is 5.07. The quantitative estimate of drug-likeness (QED) is 0.890. The van der Waals surface area contributed by atoms with Gasteiger partial charge in [-0.15, -0.1) is 0 Å². The molecule has 2 amide bonds. The summed E-state index contributed by atoms with van der Waals surface area (Å²) < 4.78 is 4.61. The van der Waals surface area contributed by atoms with Crippen molar-refractivity contribution in [1.29, 1.82) is 0 Å². The van der Waals surface area contributed by atoms with Crippen molar-refractivity contribution >= 4 is 11.8 Å². The van der Waals surface area contributed by atoms with E-state index in [9.17, 15) is 9.59 Å². The molecule has 0 bridgehead atoms. The van der Waals surface area contributed by atoms with Gasteiger partial charge in [-0.05, 0) is 30.9 Å². The number of nitrogens with one attached hydrogen (secondary N) is 1. The first kappa shape index (κ1) is 15.8. The zero-order valence-electron chi connectivity index (χ0n) is 14.1. The van der Waals surface area contributed by atoms with Gasteiger partial charge in [-0.25, -0.2) is 4.63 Å². The predicted molar refractivity (Wildman–Crippen MR) is 88.6 cm³/mol. The highest BCUT2D eigenvalue weighted by atomic mass is 16.6. The fourth-order valence-electron chi connectivity index (χ4n) is 3.78. The monoisotopic (exact) mass is 340 g/mol. The highest BCUT2D eigenvalue weighted by Gasteiger charge is 2.37. The van der Waals surface area contributed by atoms with Crippen LogP contribution < -0.4 is 5.32 Å². The molecule has 1 atom stereocenters. The molecular formula is C18H20N4O3. The van der Waals surface area contributed by atoms with Crippen LogP contribution in [0.2, 0.25) is 0 Å². The highest BCUT2D eigenvalue weighted by Crippen LogP contribution is 2.28. The summed E-state index contributed by atoms with van der Waals surface area (Å²) >= 11 is 0. The normalized spacial score (nSPS) is 20.1. The number of likely N-dealkylation sites (tertiary alicyclic amines) is 1. The Balaban J connectivity index is 1.35. The van der Waals surface area contributed by atoms with Crippen LogP contribution >= 0.6 is 0 Å². The van der Waals surface area contributed by atoms with Crippen molar-refractivity contribution < 1.29 is 14.2 Å². The van der Waals surface area contributed by atoms with Gasteiger partial charge in [0.15, 0.2) is 0 Å². The molecular weight excluding hydrogens is 320 g/mol. The largest absolute Gasteiger partial charge is 0.351 e. The summed E-state index contributed by atoms with van der Waals surface area (Å²) in [6.07, 6.45) is 2.27. The molecule has 1 fully saturated rings. The van der Waals surface area contributed by atoms with Crippen LogP contribution in [0, 0.1) is 6.92 Å². The van der Waals surface area contributed by atoms with Gasteiger partial charge in [0, 0.05) is 19.0 Å². The number of carbonyl (C=O) groups excluding carboxylic acids is 2. The van der Waals surface area contributed by atoms with Crippen molar-refractivity contribution in [2.45, 2.75) is 44.7 Å². The van der Waals surface area contributed by atoms with Gasteiger partial charge in [-0.1, -0.05) is 34.6 Å². The van der Waals surface area contributed by atoms with E-state index in [-0.39, 0.29) is 30.3 Å². The van der Waals surface area contributed by atoms with Crippen LogP contribution in [0.1, 0.15) is 28.9 Å². The summed E-state index contributed by atoms with van der Waals surface area (Å²) in [5, 5.41) is 10.3. The number of fused-ring (bicyclic) bond motifs is 1. The summed E-state index contributed by atoms with van der Waals surface area (Å²) in [4.78, 5) is 26.5. The predicted octanol–water partition coefficient (Wildman–Crippen LogP) is 0.805. The van der Waals surface area contributed by atoms with E-state index < -0.39 is 0 Å². The van der Waals surface area contributed by atoms with Crippen LogP contribution in [0.3, 0.4) is 0 Å². The smallest absolute Gasteiger partial charge is 0.226 e. The number of hydrogen-bond donors (Lipinski definition) is 1. The molecule has 0 saturated carbocycles. The molecule has 1 saturated heterocycles. The third-order valence-electron chi connectivity index (χ3n) is 5.07.